The van der Waals surface area contributed by atoms with Crippen molar-refractivity contribution in [1.29, 1.82) is 0 Å². The van der Waals surface area contributed by atoms with Gasteiger partial charge in [-0.25, -0.2) is 0 Å². The Hall–Kier alpha value is -0.0800. The normalized spacial score (nSPS) is 12.5. The molecule has 0 amide bonds. The van der Waals surface area contributed by atoms with Gasteiger partial charge in [-0.1, -0.05) is 20.8 Å². The van der Waals surface area contributed by atoms with Crippen LogP contribution in [-0.2, 0) is 0 Å². The number of rotatable bonds is 6. The Balaban J connectivity index is 3.98. The summed E-state index contributed by atoms with van der Waals surface area (Å²) < 4.78 is 0. The van der Waals surface area contributed by atoms with E-state index in [9.17, 15) is 0 Å². The fraction of sp³-hybridized carbons (Fsp3) is 1.00. The van der Waals surface area contributed by atoms with Gasteiger partial charge in [-0.05, 0) is 30.6 Å². The average Bonchev–Trinajstić information content (AvgIpc) is 1.85. The summed E-state index contributed by atoms with van der Waals surface area (Å²) in [6.45, 7) is 6.94. The van der Waals surface area contributed by atoms with Crippen LogP contribution in [0.25, 0.3) is 0 Å². The van der Waals surface area contributed by atoms with Crippen LogP contribution in [0.3, 0.4) is 0 Å². The second-order valence-corrected chi connectivity index (χ2v) is 4.36. The number of aliphatic hydroxyl groups excluding tert-OH is 2. The molecule has 0 aliphatic carbocycles. The zero-order chi connectivity index (χ0) is 9.61. The largest absolute Gasteiger partial charge is 0.396 e. The monoisotopic (exact) mass is 174 g/mol. The van der Waals surface area contributed by atoms with E-state index in [1.54, 1.807) is 0 Å². The summed E-state index contributed by atoms with van der Waals surface area (Å²) in [6.07, 6.45) is 2.67. The first-order valence-corrected chi connectivity index (χ1v) is 4.76. The molecule has 0 spiro atoms. The van der Waals surface area contributed by atoms with Crippen LogP contribution in [0.1, 0.15) is 40.0 Å². The second kappa shape index (κ2) is 5.55. The Kier molecular flexibility index (Phi) is 5.51. The zero-order valence-corrected chi connectivity index (χ0v) is 8.51. The van der Waals surface area contributed by atoms with E-state index in [2.05, 4.69) is 20.8 Å². The lowest BCUT2D eigenvalue weighted by Crippen LogP contribution is -2.22. The molecule has 0 radical (unpaired) electrons. The molecule has 0 aromatic carbocycles. The maximum atomic E-state index is 8.86. The van der Waals surface area contributed by atoms with Gasteiger partial charge in [0, 0.05) is 13.2 Å². The van der Waals surface area contributed by atoms with Crippen molar-refractivity contribution >= 4 is 0 Å². The van der Waals surface area contributed by atoms with E-state index in [0.717, 1.165) is 19.3 Å². The zero-order valence-electron chi connectivity index (χ0n) is 8.51. The summed E-state index contributed by atoms with van der Waals surface area (Å²) >= 11 is 0. The van der Waals surface area contributed by atoms with Crippen LogP contribution in [0.4, 0.5) is 0 Å². The van der Waals surface area contributed by atoms with E-state index in [0.29, 0.717) is 5.92 Å². The van der Waals surface area contributed by atoms with E-state index in [4.69, 9.17) is 10.2 Å². The summed E-state index contributed by atoms with van der Waals surface area (Å²) in [7, 11) is 0. The van der Waals surface area contributed by atoms with Gasteiger partial charge in [0.05, 0.1) is 0 Å². The standard InChI is InChI=1S/C10H22O2/c1-9(2)8-10(3,4-6-11)5-7-12/h9,11-12H,4-8H2,1-3H3. The molecule has 12 heavy (non-hydrogen) atoms. The van der Waals surface area contributed by atoms with Crippen molar-refractivity contribution in [3.8, 4) is 0 Å². The predicted octanol–water partition coefficient (Wildman–Crippen LogP) is 1.80. The van der Waals surface area contributed by atoms with Crippen molar-refractivity contribution in [2.45, 2.75) is 40.0 Å². The Labute approximate surface area is 75.6 Å². The Bertz CT molecular complexity index is 104. The predicted molar refractivity (Wildman–Crippen MR) is 51.0 cm³/mol. The molecule has 0 heterocycles. The molecule has 0 unspecified atom stereocenters. The van der Waals surface area contributed by atoms with Crippen LogP contribution in [0.2, 0.25) is 0 Å². The molecule has 0 saturated heterocycles. The lowest BCUT2D eigenvalue weighted by molar-refractivity contribution is 0.127. The van der Waals surface area contributed by atoms with Gasteiger partial charge in [-0.2, -0.15) is 0 Å². The van der Waals surface area contributed by atoms with Crippen molar-refractivity contribution in [2.24, 2.45) is 11.3 Å². The minimum Gasteiger partial charge on any atom is -0.396 e. The highest BCUT2D eigenvalue weighted by molar-refractivity contribution is 4.75. The summed E-state index contributed by atoms with van der Waals surface area (Å²) in [5.74, 6) is 0.632. The Morgan fingerprint density at radius 3 is 1.75 bits per heavy atom. The van der Waals surface area contributed by atoms with Gasteiger partial charge in [0.1, 0.15) is 0 Å². The summed E-state index contributed by atoms with van der Waals surface area (Å²) in [5, 5.41) is 17.7. The third-order valence-corrected chi connectivity index (χ3v) is 2.33. The molecular weight excluding hydrogens is 152 g/mol. The van der Waals surface area contributed by atoms with Gasteiger partial charge in [0.15, 0.2) is 0 Å². The summed E-state index contributed by atoms with van der Waals surface area (Å²) in [6, 6.07) is 0. The fourth-order valence-corrected chi connectivity index (χ4v) is 1.85. The maximum Gasteiger partial charge on any atom is 0.0436 e. The van der Waals surface area contributed by atoms with Gasteiger partial charge in [-0.15, -0.1) is 0 Å². The second-order valence-electron chi connectivity index (χ2n) is 4.36. The lowest BCUT2D eigenvalue weighted by atomic mass is 9.77. The molecule has 0 rings (SSSR count). The fourth-order valence-electron chi connectivity index (χ4n) is 1.85. The maximum absolute atomic E-state index is 8.86. The average molecular weight is 174 g/mol. The third-order valence-electron chi connectivity index (χ3n) is 2.33. The number of aliphatic hydroxyl groups is 2. The molecule has 2 heteroatoms. The van der Waals surface area contributed by atoms with E-state index in [1.807, 2.05) is 0 Å². The minimum absolute atomic E-state index is 0.123. The van der Waals surface area contributed by atoms with Crippen LogP contribution in [0.5, 0.6) is 0 Å². The molecule has 74 valence electrons. The molecule has 2 nitrogen and oxygen atoms in total. The van der Waals surface area contributed by atoms with Crippen molar-refractivity contribution in [2.75, 3.05) is 13.2 Å². The van der Waals surface area contributed by atoms with Gasteiger partial charge < -0.3 is 10.2 Å². The van der Waals surface area contributed by atoms with Gasteiger partial charge in [0.25, 0.3) is 0 Å². The Morgan fingerprint density at radius 2 is 1.50 bits per heavy atom. The van der Waals surface area contributed by atoms with Crippen molar-refractivity contribution < 1.29 is 10.2 Å². The van der Waals surface area contributed by atoms with E-state index in [-0.39, 0.29) is 18.6 Å². The van der Waals surface area contributed by atoms with Gasteiger partial charge >= 0.3 is 0 Å². The van der Waals surface area contributed by atoms with Crippen LogP contribution in [0, 0.1) is 11.3 Å². The quantitative estimate of drug-likeness (QED) is 0.644. The van der Waals surface area contributed by atoms with Crippen LogP contribution < -0.4 is 0 Å². The third kappa shape index (κ3) is 4.73. The highest BCUT2D eigenvalue weighted by Gasteiger charge is 2.23. The van der Waals surface area contributed by atoms with Gasteiger partial charge in [0.2, 0.25) is 0 Å². The van der Waals surface area contributed by atoms with E-state index >= 15 is 0 Å². The van der Waals surface area contributed by atoms with E-state index < -0.39 is 0 Å². The molecule has 0 aliphatic rings. The minimum atomic E-state index is 0.123. The molecule has 0 aromatic heterocycles. The van der Waals surface area contributed by atoms with Crippen molar-refractivity contribution in [3.05, 3.63) is 0 Å². The first-order valence-electron chi connectivity index (χ1n) is 4.76. The van der Waals surface area contributed by atoms with Gasteiger partial charge in [-0.3, -0.25) is 0 Å². The molecule has 0 atom stereocenters. The first kappa shape index (κ1) is 11.9. The topological polar surface area (TPSA) is 40.5 Å². The first-order chi connectivity index (χ1) is 5.54. The highest BCUT2D eigenvalue weighted by Crippen LogP contribution is 2.32. The molecule has 0 aromatic rings. The Morgan fingerprint density at radius 1 is 1.08 bits per heavy atom. The van der Waals surface area contributed by atoms with Crippen molar-refractivity contribution in [1.82, 2.24) is 0 Å². The lowest BCUT2D eigenvalue weighted by Gasteiger charge is -2.30. The van der Waals surface area contributed by atoms with Crippen LogP contribution in [0.15, 0.2) is 0 Å². The van der Waals surface area contributed by atoms with Crippen molar-refractivity contribution in [3.63, 3.8) is 0 Å². The highest BCUT2D eigenvalue weighted by atomic mass is 16.3. The summed E-state index contributed by atoms with van der Waals surface area (Å²) in [4.78, 5) is 0. The molecular formula is C10H22O2. The number of hydrogen-bond donors (Lipinski definition) is 2. The SMILES string of the molecule is CC(C)CC(C)(CCO)CCO. The molecule has 0 bridgehead atoms. The summed E-state index contributed by atoms with van der Waals surface area (Å²) in [5.41, 5.74) is 0.123. The molecule has 0 saturated carbocycles. The molecule has 2 N–H and O–H groups in total. The number of hydrogen-bond acceptors (Lipinski definition) is 2. The van der Waals surface area contributed by atoms with E-state index in [1.165, 1.54) is 0 Å². The smallest absolute Gasteiger partial charge is 0.0436 e. The molecule has 0 aliphatic heterocycles. The van der Waals surface area contributed by atoms with Crippen LogP contribution in [-0.4, -0.2) is 23.4 Å². The van der Waals surface area contributed by atoms with Crippen LogP contribution >= 0.6 is 0 Å². The molecule has 0 fully saturated rings.